The molecule has 4 nitrogen and oxygen atoms in total. The predicted molar refractivity (Wildman–Crippen MR) is 62.3 cm³/mol. The van der Waals surface area contributed by atoms with E-state index in [2.05, 4.69) is 4.98 Å². The lowest BCUT2D eigenvalue weighted by Crippen LogP contribution is -2.08. The summed E-state index contributed by atoms with van der Waals surface area (Å²) in [4.78, 5) is 15.6. The van der Waals surface area contributed by atoms with Crippen LogP contribution in [-0.4, -0.2) is 23.1 Å². The van der Waals surface area contributed by atoms with Crippen LogP contribution < -0.4 is 4.90 Å². The van der Waals surface area contributed by atoms with Crippen molar-refractivity contribution in [2.24, 2.45) is 0 Å². The third kappa shape index (κ3) is 1.91. The van der Waals surface area contributed by atoms with E-state index in [4.69, 9.17) is 5.11 Å². The number of benzene rings is 1. The average molecular weight is 216 g/mol. The number of aromatic amines is 1. The number of hydrogen-bond donors (Lipinski definition) is 2. The van der Waals surface area contributed by atoms with Crippen LogP contribution in [0.1, 0.15) is 10.4 Å². The Labute approximate surface area is 93.1 Å². The molecule has 82 valence electrons. The summed E-state index contributed by atoms with van der Waals surface area (Å²) in [6.45, 7) is 0. The van der Waals surface area contributed by atoms with E-state index in [1.807, 2.05) is 30.4 Å². The van der Waals surface area contributed by atoms with E-state index >= 15 is 0 Å². The zero-order chi connectivity index (χ0) is 11.5. The highest BCUT2D eigenvalue weighted by Gasteiger charge is 2.06. The van der Waals surface area contributed by atoms with Crippen molar-refractivity contribution in [1.29, 1.82) is 0 Å². The monoisotopic (exact) mass is 216 g/mol. The van der Waals surface area contributed by atoms with Crippen molar-refractivity contribution < 1.29 is 9.90 Å². The molecule has 0 fully saturated rings. The third-order valence-corrected chi connectivity index (χ3v) is 2.47. The van der Waals surface area contributed by atoms with E-state index in [0.717, 1.165) is 11.4 Å². The molecule has 0 aliphatic heterocycles. The number of aromatic carboxylic acids is 1. The van der Waals surface area contributed by atoms with Crippen molar-refractivity contribution in [3.05, 3.63) is 48.3 Å². The van der Waals surface area contributed by atoms with Crippen LogP contribution in [0.4, 0.5) is 11.4 Å². The second-order valence-corrected chi connectivity index (χ2v) is 3.48. The van der Waals surface area contributed by atoms with Crippen LogP contribution in [0.15, 0.2) is 42.7 Å². The van der Waals surface area contributed by atoms with Crippen molar-refractivity contribution in [1.82, 2.24) is 4.98 Å². The Kier molecular flexibility index (Phi) is 2.64. The molecule has 16 heavy (non-hydrogen) atoms. The van der Waals surface area contributed by atoms with Crippen LogP contribution in [0.25, 0.3) is 0 Å². The largest absolute Gasteiger partial charge is 0.478 e. The third-order valence-electron chi connectivity index (χ3n) is 2.47. The second kappa shape index (κ2) is 4.10. The van der Waals surface area contributed by atoms with E-state index in [0.29, 0.717) is 5.56 Å². The molecular formula is C12H12N2O2. The number of anilines is 2. The van der Waals surface area contributed by atoms with E-state index in [9.17, 15) is 4.79 Å². The summed E-state index contributed by atoms with van der Waals surface area (Å²) in [5.74, 6) is -0.907. The minimum atomic E-state index is -0.907. The molecule has 0 atom stereocenters. The molecule has 0 unspecified atom stereocenters. The van der Waals surface area contributed by atoms with Gasteiger partial charge in [0.2, 0.25) is 0 Å². The Morgan fingerprint density at radius 1 is 1.19 bits per heavy atom. The van der Waals surface area contributed by atoms with Gasteiger partial charge in [-0.1, -0.05) is 0 Å². The van der Waals surface area contributed by atoms with E-state index < -0.39 is 5.97 Å². The average Bonchev–Trinajstić information content (AvgIpc) is 2.81. The molecule has 0 saturated carbocycles. The van der Waals surface area contributed by atoms with Gasteiger partial charge in [-0.15, -0.1) is 0 Å². The van der Waals surface area contributed by atoms with E-state index in [-0.39, 0.29) is 0 Å². The molecule has 4 heteroatoms. The summed E-state index contributed by atoms with van der Waals surface area (Å²) in [5, 5.41) is 8.78. The fourth-order valence-corrected chi connectivity index (χ4v) is 1.50. The minimum Gasteiger partial charge on any atom is -0.478 e. The second-order valence-electron chi connectivity index (χ2n) is 3.48. The van der Waals surface area contributed by atoms with Crippen LogP contribution in [0.5, 0.6) is 0 Å². The van der Waals surface area contributed by atoms with Gasteiger partial charge in [0, 0.05) is 25.1 Å². The smallest absolute Gasteiger partial charge is 0.335 e. The Morgan fingerprint density at radius 3 is 2.38 bits per heavy atom. The number of aromatic nitrogens is 1. The summed E-state index contributed by atoms with van der Waals surface area (Å²) < 4.78 is 0. The maximum atomic E-state index is 10.7. The molecule has 0 spiro atoms. The number of nitrogens with zero attached hydrogens (tertiary/aromatic N) is 1. The summed E-state index contributed by atoms with van der Waals surface area (Å²) in [7, 11) is 1.93. The summed E-state index contributed by atoms with van der Waals surface area (Å²) >= 11 is 0. The molecule has 0 bridgehead atoms. The maximum Gasteiger partial charge on any atom is 0.335 e. The number of hydrogen-bond acceptors (Lipinski definition) is 2. The van der Waals surface area contributed by atoms with Gasteiger partial charge in [0.1, 0.15) is 0 Å². The van der Waals surface area contributed by atoms with E-state index in [1.165, 1.54) is 0 Å². The first-order chi connectivity index (χ1) is 7.68. The topological polar surface area (TPSA) is 56.3 Å². The molecule has 0 saturated heterocycles. The first kappa shape index (κ1) is 10.3. The summed E-state index contributed by atoms with van der Waals surface area (Å²) in [5.41, 5.74) is 2.28. The van der Waals surface area contributed by atoms with Crippen molar-refractivity contribution in [2.45, 2.75) is 0 Å². The van der Waals surface area contributed by atoms with Gasteiger partial charge in [-0.05, 0) is 30.3 Å². The predicted octanol–water partition coefficient (Wildman–Crippen LogP) is 2.48. The van der Waals surface area contributed by atoms with E-state index in [1.54, 1.807) is 24.3 Å². The summed E-state index contributed by atoms with van der Waals surface area (Å²) in [6, 6.07) is 8.72. The Bertz CT molecular complexity index is 474. The quantitative estimate of drug-likeness (QED) is 0.828. The molecule has 1 aromatic carbocycles. The number of nitrogens with one attached hydrogen (secondary N) is 1. The lowest BCUT2D eigenvalue weighted by atomic mass is 10.2. The van der Waals surface area contributed by atoms with Crippen LogP contribution >= 0.6 is 0 Å². The zero-order valence-corrected chi connectivity index (χ0v) is 8.84. The standard InChI is InChI=1S/C12H12N2O2/c1-14(11-6-7-13-8-11)10-4-2-9(3-5-10)12(15)16/h2-8,13H,1H3,(H,15,16). The van der Waals surface area contributed by atoms with Crippen molar-refractivity contribution in [2.75, 3.05) is 11.9 Å². The van der Waals surface area contributed by atoms with Crippen LogP contribution in [0.2, 0.25) is 0 Å². The van der Waals surface area contributed by atoms with Crippen molar-refractivity contribution in [3.63, 3.8) is 0 Å². The van der Waals surface area contributed by atoms with Gasteiger partial charge >= 0.3 is 5.97 Å². The molecular weight excluding hydrogens is 204 g/mol. The minimum absolute atomic E-state index is 0.297. The van der Waals surface area contributed by atoms with Crippen LogP contribution in [0, 0.1) is 0 Å². The van der Waals surface area contributed by atoms with Crippen molar-refractivity contribution >= 4 is 17.3 Å². The SMILES string of the molecule is CN(c1ccc(C(=O)O)cc1)c1cc[nH]c1. The summed E-state index contributed by atoms with van der Waals surface area (Å²) in [6.07, 6.45) is 3.72. The lowest BCUT2D eigenvalue weighted by molar-refractivity contribution is 0.0697. The van der Waals surface area contributed by atoms with Crippen LogP contribution in [-0.2, 0) is 0 Å². The first-order valence-corrected chi connectivity index (χ1v) is 4.88. The molecule has 0 aliphatic carbocycles. The van der Waals surface area contributed by atoms with Gasteiger partial charge in [-0.3, -0.25) is 0 Å². The highest BCUT2D eigenvalue weighted by Crippen LogP contribution is 2.22. The number of carbonyl (C=O) groups is 1. The fourth-order valence-electron chi connectivity index (χ4n) is 1.50. The highest BCUT2D eigenvalue weighted by atomic mass is 16.4. The molecule has 2 N–H and O–H groups in total. The molecule has 2 rings (SSSR count). The fraction of sp³-hybridized carbons (Fsp3) is 0.0833. The van der Waals surface area contributed by atoms with Crippen LogP contribution in [0.3, 0.4) is 0 Å². The van der Waals surface area contributed by atoms with Gasteiger partial charge in [0.25, 0.3) is 0 Å². The molecule has 2 aromatic rings. The Morgan fingerprint density at radius 2 is 1.88 bits per heavy atom. The number of carboxylic acids is 1. The zero-order valence-electron chi connectivity index (χ0n) is 8.84. The van der Waals surface area contributed by atoms with Gasteiger partial charge in [-0.2, -0.15) is 0 Å². The first-order valence-electron chi connectivity index (χ1n) is 4.88. The molecule has 1 aromatic heterocycles. The molecule has 0 radical (unpaired) electrons. The highest BCUT2D eigenvalue weighted by molar-refractivity contribution is 5.88. The molecule has 0 aliphatic rings. The van der Waals surface area contributed by atoms with Gasteiger partial charge in [0.15, 0.2) is 0 Å². The Balaban J connectivity index is 2.25. The normalized spacial score (nSPS) is 10.1. The maximum absolute atomic E-state index is 10.7. The number of rotatable bonds is 3. The number of carboxylic acid groups (broad SMARTS) is 1. The van der Waals surface area contributed by atoms with Crippen molar-refractivity contribution in [3.8, 4) is 0 Å². The van der Waals surface area contributed by atoms with Gasteiger partial charge in [-0.25, -0.2) is 4.79 Å². The van der Waals surface area contributed by atoms with Gasteiger partial charge < -0.3 is 15.0 Å². The molecule has 1 heterocycles. The Hall–Kier alpha value is -2.23. The van der Waals surface area contributed by atoms with Gasteiger partial charge in [0.05, 0.1) is 11.3 Å². The number of H-pyrrole nitrogens is 1. The lowest BCUT2D eigenvalue weighted by Gasteiger charge is -2.17. The molecule has 0 amide bonds.